The summed E-state index contributed by atoms with van der Waals surface area (Å²) in [5, 5.41) is 1.39. The van der Waals surface area contributed by atoms with Crippen molar-refractivity contribution >= 4 is 10.9 Å². The van der Waals surface area contributed by atoms with E-state index in [0.717, 1.165) is 5.92 Å². The number of nitrogens with zero attached hydrogens (tertiary/aromatic N) is 1. The number of piperidine rings is 1. The van der Waals surface area contributed by atoms with Crippen molar-refractivity contribution < 1.29 is 0 Å². The molecule has 1 aromatic heterocycles. The van der Waals surface area contributed by atoms with Crippen LogP contribution in [0, 0.1) is 5.92 Å². The minimum Gasteiger partial charge on any atom is -0.361 e. The van der Waals surface area contributed by atoms with Gasteiger partial charge in [0.1, 0.15) is 0 Å². The van der Waals surface area contributed by atoms with Gasteiger partial charge in [-0.2, -0.15) is 0 Å². The van der Waals surface area contributed by atoms with Crippen molar-refractivity contribution in [1.82, 2.24) is 9.88 Å². The van der Waals surface area contributed by atoms with Crippen LogP contribution >= 0.6 is 0 Å². The van der Waals surface area contributed by atoms with E-state index in [1.807, 2.05) is 0 Å². The molecular weight excluding hydrogens is 232 g/mol. The van der Waals surface area contributed by atoms with Crippen LogP contribution in [-0.2, 0) is 6.42 Å². The van der Waals surface area contributed by atoms with Crippen LogP contribution in [0.25, 0.3) is 10.9 Å². The van der Waals surface area contributed by atoms with Crippen molar-refractivity contribution in [2.24, 2.45) is 5.92 Å². The largest absolute Gasteiger partial charge is 0.361 e. The van der Waals surface area contributed by atoms with E-state index in [1.165, 1.54) is 61.8 Å². The molecule has 0 amide bonds. The number of aromatic amines is 1. The molecule has 0 bridgehead atoms. The molecule has 3 rings (SSSR count). The lowest BCUT2D eigenvalue weighted by Crippen LogP contribution is -2.36. The number of H-pyrrole nitrogens is 1. The third-order valence-corrected chi connectivity index (χ3v) is 4.55. The zero-order valence-corrected chi connectivity index (χ0v) is 11.9. The van der Waals surface area contributed by atoms with Gasteiger partial charge in [0.15, 0.2) is 0 Å². The zero-order valence-electron chi connectivity index (χ0n) is 11.9. The molecule has 1 unspecified atom stereocenters. The number of hydrogen-bond donors (Lipinski definition) is 1. The van der Waals surface area contributed by atoms with Crippen LogP contribution < -0.4 is 0 Å². The first-order valence-corrected chi connectivity index (χ1v) is 7.64. The van der Waals surface area contributed by atoms with Gasteiger partial charge in [0.05, 0.1) is 0 Å². The molecule has 1 aliphatic heterocycles. The lowest BCUT2D eigenvalue weighted by atomic mass is 9.95. The molecule has 2 heteroatoms. The SMILES string of the molecule is CCC1CCCN(CCc2c[nH]c3ccccc23)C1. The van der Waals surface area contributed by atoms with Gasteiger partial charge in [0.25, 0.3) is 0 Å². The molecule has 1 aliphatic rings. The highest BCUT2D eigenvalue weighted by molar-refractivity contribution is 5.83. The van der Waals surface area contributed by atoms with Gasteiger partial charge in [-0.15, -0.1) is 0 Å². The Bertz CT molecular complexity index is 529. The molecule has 2 nitrogen and oxygen atoms in total. The molecular formula is C17H24N2. The minimum absolute atomic E-state index is 0.928. The normalized spacial score (nSPS) is 21.0. The molecule has 102 valence electrons. The molecule has 2 aromatic rings. The van der Waals surface area contributed by atoms with E-state index in [9.17, 15) is 0 Å². The zero-order chi connectivity index (χ0) is 13.1. The van der Waals surface area contributed by atoms with E-state index in [4.69, 9.17) is 0 Å². The summed E-state index contributed by atoms with van der Waals surface area (Å²) < 4.78 is 0. The number of likely N-dealkylation sites (tertiary alicyclic amines) is 1. The molecule has 1 N–H and O–H groups in total. The first-order chi connectivity index (χ1) is 9.36. The summed E-state index contributed by atoms with van der Waals surface area (Å²) in [6.07, 6.45) is 7.50. The van der Waals surface area contributed by atoms with Gasteiger partial charge in [0, 0.05) is 30.2 Å². The van der Waals surface area contributed by atoms with Crippen LogP contribution in [0.15, 0.2) is 30.5 Å². The second-order valence-corrected chi connectivity index (χ2v) is 5.83. The highest BCUT2D eigenvalue weighted by atomic mass is 15.1. The average molecular weight is 256 g/mol. The Kier molecular flexibility index (Phi) is 3.88. The first-order valence-electron chi connectivity index (χ1n) is 7.64. The lowest BCUT2D eigenvalue weighted by molar-refractivity contribution is 0.173. The van der Waals surface area contributed by atoms with Gasteiger partial charge in [0.2, 0.25) is 0 Å². The second-order valence-electron chi connectivity index (χ2n) is 5.83. The van der Waals surface area contributed by atoms with Crippen LogP contribution in [0.5, 0.6) is 0 Å². The maximum absolute atomic E-state index is 3.38. The standard InChI is InChI=1S/C17H24N2/c1-2-14-6-5-10-19(13-14)11-9-15-12-18-17-8-4-3-7-16(15)17/h3-4,7-8,12,14,18H,2,5-6,9-11,13H2,1H3. The lowest BCUT2D eigenvalue weighted by Gasteiger charge is -2.32. The van der Waals surface area contributed by atoms with Crippen molar-refractivity contribution in [1.29, 1.82) is 0 Å². The van der Waals surface area contributed by atoms with Gasteiger partial charge >= 0.3 is 0 Å². The number of hydrogen-bond acceptors (Lipinski definition) is 1. The predicted molar refractivity (Wildman–Crippen MR) is 81.5 cm³/mol. The fourth-order valence-corrected chi connectivity index (χ4v) is 3.30. The van der Waals surface area contributed by atoms with Crippen molar-refractivity contribution in [2.45, 2.75) is 32.6 Å². The molecule has 2 heterocycles. The summed E-state index contributed by atoms with van der Waals surface area (Å²) in [5.41, 5.74) is 2.73. The smallest absolute Gasteiger partial charge is 0.0456 e. The molecule has 0 radical (unpaired) electrons. The maximum Gasteiger partial charge on any atom is 0.0456 e. The van der Waals surface area contributed by atoms with E-state index >= 15 is 0 Å². The highest BCUT2D eigenvalue weighted by Gasteiger charge is 2.18. The molecule has 1 atom stereocenters. The number of nitrogens with one attached hydrogen (secondary N) is 1. The molecule has 19 heavy (non-hydrogen) atoms. The Morgan fingerprint density at radius 3 is 3.11 bits per heavy atom. The van der Waals surface area contributed by atoms with E-state index in [0.29, 0.717) is 0 Å². The fraction of sp³-hybridized carbons (Fsp3) is 0.529. The average Bonchev–Trinajstić information content (AvgIpc) is 2.89. The van der Waals surface area contributed by atoms with Crippen LogP contribution in [0.4, 0.5) is 0 Å². The summed E-state index contributed by atoms with van der Waals surface area (Å²) >= 11 is 0. The van der Waals surface area contributed by atoms with Gasteiger partial charge in [-0.05, 0) is 43.4 Å². The van der Waals surface area contributed by atoms with Gasteiger partial charge in [-0.1, -0.05) is 31.5 Å². The summed E-state index contributed by atoms with van der Waals surface area (Å²) in [6, 6.07) is 8.62. The highest BCUT2D eigenvalue weighted by Crippen LogP contribution is 2.21. The van der Waals surface area contributed by atoms with E-state index in [1.54, 1.807) is 0 Å². The third kappa shape index (κ3) is 2.84. The summed E-state index contributed by atoms with van der Waals surface area (Å²) in [5.74, 6) is 0.928. The molecule has 0 saturated carbocycles. The predicted octanol–water partition coefficient (Wildman–Crippen LogP) is 3.83. The number of para-hydroxylation sites is 1. The van der Waals surface area contributed by atoms with Crippen molar-refractivity contribution in [3.63, 3.8) is 0 Å². The Hall–Kier alpha value is -1.28. The van der Waals surface area contributed by atoms with Crippen LogP contribution in [-0.4, -0.2) is 29.5 Å². The second kappa shape index (κ2) is 5.79. The summed E-state index contributed by atoms with van der Waals surface area (Å²) in [6.45, 7) is 6.13. The monoisotopic (exact) mass is 256 g/mol. The van der Waals surface area contributed by atoms with Crippen molar-refractivity contribution in [3.8, 4) is 0 Å². The minimum atomic E-state index is 0.928. The van der Waals surface area contributed by atoms with Crippen LogP contribution in [0.2, 0.25) is 0 Å². The molecule has 1 fully saturated rings. The molecule has 0 spiro atoms. The first kappa shape index (κ1) is 12.7. The Morgan fingerprint density at radius 1 is 1.32 bits per heavy atom. The Balaban J connectivity index is 1.63. The number of rotatable bonds is 4. The van der Waals surface area contributed by atoms with Crippen LogP contribution in [0.3, 0.4) is 0 Å². The van der Waals surface area contributed by atoms with E-state index in [2.05, 4.69) is 47.3 Å². The van der Waals surface area contributed by atoms with Gasteiger partial charge in [-0.3, -0.25) is 0 Å². The van der Waals surface area contributed by atoms with Crippen molar-refractivity contribution in [3.05, 3.63) is 36.0 Å². The topological polar surface area (TPSA) is 19.0 Å². The Labute approximate surface area is 115 Å². The van der Waals surface area contributed by atoms with Gasteiger partial charge < -0.3 is 9.88 Å². The van der Waals surface area contributed by atoms with Gasteiger partial charge in [-0.25, -0.2) is 0 Å². The fourth-order valence-electron chi connectivity index (χ4n) is 3.30. The van der Waals surface area contributed by atoms with E-state index in [-0.39, 0.29) is 0 Å². The van der Waals surface area contributed by atoms with E-state index < -0.39 is 0 Å². The quantitative estimate of drug-likeness (QED) is 0.880. The molecule has 0 aliphatic carbocycles. The van der Waals surface area contributed by atoms with Crippen molar-refractivity contribution in [2.75, 3.05) is 19.6 Å². The Morgan fingerprint density at radius 2 is 2.21 bits per heavy atom. The van der Waals surface area contributed by atoms with Crippen LogP contribution in [0.1, 0.15) is 31.7 Å². The number of aromatic nitrogens is 1. The summed E-state index contributed by atoms with van der Waals surface area (Å²) in [7, 11) is 0. The number of benzene rings is 1. The summed E-state index contributed by atoms with van der Waals surface area (Å²) in [4.78, 5) is 6.03. The third-order valence-electron chi connectivity index (χ3n) is 4.55. The maximum atomic E-state index is 3.38. The molecule has 1 saturated heterocycles. The molecule has 1 aromatic carbocycles. The number of fused-ring (bicyclic) bond motifs is 1.